The van der Waals surface area contributed by atoms with Crippen LogP contribution in [-0.2, 0) is 12.8 Å². The zero-order chi connectivity index (χ0) is 17.9. The van der Waals surface area contributed by atoms with Crippen LogP contribution in [0.15, 0.2) is 48.5 Å². The van der Waals surface area contributed by atoms with E-state index in [1.54, 1.807) is 0 Å². The number of aryl methyl sites for hydroxylation is 1. The van der Waals surface area contributed by atoms with E-state index in [0.717, 1.165) is 29.9 Å². The molecule has 1 unspecified atom stereocenters. The van der Waals surface area contributed by atoms with Gasteiger partial charge < -0.3 is 14.6 Å². The summed E-state index contributed by atoms with van der Waals surface area (Å²) in [5.41, 5.74) is 2.56. The molecule has 3 nitrogen and oxygen atoms in total. The third kappa shape index (κ3) is 6.79. The molecule has 0 aromatic heterocycles. The lowest BCUT2D eigenvalue weighted by Gasteiger charge is -2.09. The second-order valence-corrected chi connectivity index (χ2v) is 6.42. The highest BCUT2D eigenvalue weighted by atomic mass is 16.7. The number of ether oxygens (including phenoxy) is 2. The van der Waals surface area contributed by atoms with E-state index in [4.69, 9.17) is 9.47 Å². The molecule has 3 rings (SSSR count). The molecule has 0 aliphatic carbocycles. The number of rotatable bonds is 7. The summed E-state index contributed by atoms with van der Waals surface area (Å²) in [6.07, 6.45) is 6.11. The molecular formula is C22H30O3. The van der Waals surface area contributed by atoms with Gasteiger partial charge in [-0.3, -0.25) is 0 Å². The largest absolute Gasteiger partial charge is 0.454 e. The monoisotopic (exact) mass is 342 g/mol. The molecule has 0 bridgehead atoms. The van der Waals surface area contributed by atoms with Crippen molar-refractivity contribution in [1.82, 2.24) is 0 Å². The summed E-state index contributed by atoms with van der Waals surface area (Å²) >= 11 is 0. The molecule has 0 radical (unpaired) electrons. The zero-order valence-electron chi connectivity index (χ0n) is 15.4. The molecule has 0 amide bonds. The maximum atomic E-state index is 9.68. The van der Waals surface area contributed by atoms with E-state index in [9.17, 15) is 5.11 Å². The summed E-state index contributed by atoms with van der Waals surface area (Å²) in [6, 6.07) is 16.5. The molecule has 3 heteroatoms. The molecule has 0 spiro atoms. The van der Waals surface area contributed by atoms with Crippen molar-refractivity contribution in [3.8, 4) is 11.5 Å². The van der Waals surface area contributed by atoms with Gasteiger partial charge in [-0.1, -0.05) is 63.1 Å². The van der Waals surface area contributed by atoms with Gasteiger partial charge in [0.2, 0.25) is 6.79 Å². The average molecular weight is 342 g/mol. The Morgan fingerprint density at radius 2 is 1.68 bits per heavy atom. The van der Waals surface area contributed by atoms with Crippen molar-refractivity contribution in [1.29, 1.82) is 0 Å². The van der Waals surface area contributed by atoms with Crippen LogP contribution in [0.4, 0.5) is 0 Å². The lowest BCUT2D eigenvalue weighted by atomic mass is 10.0. The second-order valence-electron chi connectivity index (χ2n) is 6.42. The van der Waals surface area contributed by atoms with Gasteiger partial charge in [0.15, 0.2) is 11.5 Å². The summed E-state index contributed by atoms with van der Waals surface area (Å²) in [5, 5.41) is 9.68. The van der Waals surface area contributed by atoms with Gasteiger partial charge in [-0.05, 0) is 48.9 Å². The molecule has 2 aromatic carbocycles. The van der Waals surface area contributed by atoms with Crippen LogP contribution in [0, 0.1) is 0 Å². The first kappa shape index (κ1) is 19.3. The second kappa shape index (κ2) is 10.8. The topological polar surface area (TPSA) is 38.7 Å². The fraction of sp³-hybridized carbons (Fsp3) is 0.455. The van der Waals surface area contributed by atoms with Crippen molar-refractivity contribution in [2.75, 3.05) is 6.79 Å². The highest BCUT2D eigenvalue weighted by Gasteiger charge is 2.14. The third-order valence-electron chi connectivity index (χ3n) is 4.19. The normalized spacial score (nSPS) is 13.1. The number of hydrogen-bond acceptors (Lipinski definition) is 3. The molecule has 25 heavy (non-hydrogen) atoms. The van der Waals surface area contributed by atoms with E-state index in [1.165, 1.54) is 24.8 Å². The van der Waals surface area contributed by atoms with Crippen LogP contribution in [0.3, 0.4) is 0 Å². The number of unbranched alkanes of at least 4 members (excludes halogenated alkanes) is 1. The maximum Gasteiger partial charge on any atom is 0.231 e. The van der Waals surface area contributed by atoms with Crippen molar-refractivity contribution in [3.05, 3.63) is 59.7 Å². The molecule has 1 aliphatic heterocycles. The quantitative estimate of drug-likeness (QED) is 0.756. The van der Waals surface area contributed by atoms with Crippen molar-refractivity contribution in [2.45, 2.75) is 58.5 Å². The number of benzene rings is 2. The molecule has 2 aromatic rings. The Kier molecular flexibility index (Phi) is 8.33. The Bertz CT molecular complexity index is 610. The van der Waals surface area contributed by atoms with Crippen LogP contribution in [0.5, 0.6) is 11.5 Å². The van der Waals surface area contributed by atoms with Gasteiger partial charge in [0.1, 0.15) is 0 Å². The third-order valence-corrected chi connectivity index (χ3v) is 4.19. The van der Waals surface area contributed by atoms with Gasteiger partial charge in [-0.2, -0.15) is 0 Å². The van der Waals surface area contributed by atoms with Gasteiger partial charge in [0.25, 0.3) is 0 Å². The Labute approximate surface area is 151 Å². The molecular weight excluding hydrogens is 312 g/mol. The standard InChI is InChI=1S/C12H16O3.C10H14/c1-2-3-10(13)6-9-4-5-11-12(7-9)15-8-14-11;1-2-3-7-10-8-5-4-6-9-10/h4-5,7,10,13H,2-3,6,8H2,1H3;4-6,8-9H,2-3,7H2,1H3. The summed E-state index contributed by atoms with van der Waals surface area (Å²) < 4.78 is 10.5. The maximum absolute atomic E-state index is 9.68. The van der Waals surface area contributed by atoms with E-state index >= 15 is 0 Å². The zero-order valence-corrected chi connectivity index (χ0v) is 15.4. The molecule has 136 valence electrons. The van der Waals surface area contributed by atoms with Crippen molar-refractivity contribution in [2.24, 2.45) is 0 Å². The van der Waals surface area contributed by atoms with Gasteiger partial charge in [0.05, 0.1) is 6.10 Å². The summed E-state index contributed by atoms with van der Waals surface area (Å²) in [6.45, 7) is 4.60. The van der Waals surface area contributed by atoms with E-state index in [1.807, 2.05) is 18.2 Å². The van der Waals surface area contributed by atoms with Crippen molar-refractivity contribution >= 4 is 0 Å². The van der Waals surface area contributed by atoms with Crippen LogP contribution in [0.1, 0.15) is 50.7 Å². The van der Waals surface area contributed by atoms with Crippen molar-refractivity contribution < 1.29 is 14.6 Å². The first-order valence-corrected chi connectivity index (χ1v) is 9.33. The molecule has 1 heterocycles. The minimum atomic E-state index is -0.254. The minimum Gasteiger partial charge on any atom is -0.454 e. The number of hydrogen-bond donors (Lipinski definition) is 1. The minimum absolute atomic E-state index is 0.254. The van der Waals surface area contributed by atoms with Crippen LogP contribution < -0.4 is 9.47 Å². The smallest absolute Gasteiger partial charge is 0.231 e. The summed E-state index contributed by atoms with van der Waals surface area (Å²) in [7, 11) is 0. The molecule has 1 N–H and O–H groups in total. The molecule has 1 atom stereocenters. The number of aliphatic hydroxyl groups is 1. The average Bonchev–Trinajstić information content (AvgIpc) is 3.09. The van der Waals surface area contributed by atoms with E-state index in [0.29, 0.717) is 13.2 Å². The Balaban J connectivity index is 0.000000196. The number of aliphatic hydroxyl groups excluding tert-OH is 1. The fourth-order valence-corrected chi connectivity index (χ4v) is 2.80. The fourth-order valence-electron chi connectivity index (χ4n) is 2.80. The lowest BCUT2D eigenvalue weighted by molar-refractivity contribution is 0.163. The first-order chi connectivity index (χ1) is 12.2. The highest BCUT2D eigenvalue weighted by molar-refractivity contribution is 5.44. The Morgan fingerprint density at radius 1 is 0.920 bits per heavy atom. The lowest BCUT2D eigenvalue weighted by Crippen LogP contribution is -2.09. The van der Waals surface area contributed by atoms with E-state index in [2.05, 4.69) is 44.2 Å². The summed E-state index contributed by atoms with van der Waals surface area (Å²) in [4.78, 5) is 0. The van der Waals surface area contributed by atoms with Gasteiger partial charge >= 0.3 is 0 Å². The Morgan fingerprint density at radius 3 is 2.40 bits per heavy atom. The first-order valence-electron chi connectivity index (χ1n) is 9.33. The SMILES string of the molecule is CCCC(O)Cc1ccc2c(c1)OCO2.CCCCc1ccccc1. The number of fused-ring (bicyclic) bond motifs is 1. The highest BCUT2D eigenvalue weighted by Crippen LogP contribution is 2.32. The molecule has 1 aliphatic rings. The van der Waals surface area contributed by atoms with Crippen LogP contribution in [-0.4, -0.2) is 18.0 Å². The van der Waals surface area contributed by atoms with Crippen LogP contribution in [0.2, 0.25) is 0 Å². The van der Waals surface area contributed by atoms with Gasteiger partial charge in [0, 0.05) is 0 Å². The van der Waals surface area contributed by atoms with Crippen molar-refractivity contribution in [3.63, 3.8) is 0 Å². The molecule has 0 saturated heterocycles. The Hall–Kier alpha value is -2.00. The van der Waals surface area contributed by atoms with Crippen LogP contribution >= 0.6 is 0 Å². The van der Waals surface area contributed by atoms with Crippen LogP contribution in [0.25, 0.3) is 0 Å². The summed E-state index contributed by atoms with van der Waals surface area (Å²) in [5.74, 6) is 1.58. The van der Waals surface area contributed by atoms with Gasteiger partial charge in [-0.15, -0.1) is 0 Å². The predicted molar refractivity (Wildman–Crippen MR) is 102 cm³/mol. The van der Waals surface area contributed by atoms with E-state index in [-0.39, 0.29) is 6.10 Å². The predicted octanol–water partition coefficient (Wildman–Crippen LogP) is 5.15. The molecule has 0 fully saturated rings. The van der Waals surface area contributed by atoms with Gasteiger partial charge in [-0.25, -0.2) is 0 Å². The molecule has 0 saturated carbocycles. The van der Waals surface area contributed by atoms with E-state index < -0.39 is 0 Å².